The quantitative estimate of drug-likeness (QED) is 0.680. The zero-order chi connectivity index (χ0) is 17.4. The summed E-state index contributed by atoms with van der Waals surface area (Å²) in [4.78, 5) is 28.5. The Bertz CT molecular complexity index is 621. The van der Waals surface area contributed by atoms with Crippen molar-refractivity contribution in [3.8, 4) is 0 Å². The van der Waals surface area contributed by atoms with Gasteiger partial charge in [0.15, 0.2) is 0 Å². The van der Waals surface area contributed by atoms with Gasteiger partial charge in [-0.1, -0.05) is 23.4 Å². The van der Waals surface area contributed by atoms with E-state index in [0.717, 1.165) is 0 Å². The molecule has 1 heterocycles. The first-order valence-electron chi connectivity index (χ1n) is 7.62. The average Bonchev–Trinajstić information content (AvgIpc) is 3.05. The number of carbonyl (C=O) groups excluding carboxylic acids is 2. The average molecular weight is 337 g/mol. The predicted molar refractivity (Wildman–Crippen MR) is 84.9 cm³/mol. The van der Waals surface area contributed by atoms with Crippen LogP contribution in [0, 0.1) is 5.82 Å². The minimum Gasteiger partial charge on any atom is -0.383 e. The lowest BCUT2D eigenvalue weighted by molar-refractivity contribution is -0.131. The maximum atomic E-state index is 13.7. The highest BCUT2D eigenvalue weighted by atomic mass is 19.1. The van der Waals surface area contributed by atoms with E-state index in [1.165, 1.54) is 6.07 Å². The number of rotatable bonds is 8. The van der Waals surface area contributed by atoms with Crippen molar-refractivity contribution in [2.75, 3.05) is 26.8 Å². The normalized spacial score (nSPS) is 16.2. The predicted octanol–water partition coefficient (Wildman–Crippen LogP) is 0.588. The fourth-order valence-electron chi connectivity index (χ4n) is 2.17. The van der Waals surface area contributed by atoms with Gasteiger partial charge in [-0.3, -0.25) is 9.59 Å². The summed E-state index contributed by atoms with van der Waals surface area (Å²) in [6.45, 7) is 1.05. The van der Waals surface area contributed by atoms with Crippen molar-refractivity contribution in [1.29, 1.82) is 0 Å². The zero-order valence-electron chi connectivity index (χ0n) is 13.4. The van der Waals surface area contributed by atoms with E-state index in [2.05, 4.69) is 15.8 Å². The van der Waals surface area contributed by atoms with Crippen LogP contribution in [-0.4, -0.2) is 50.4 Å². The molecule has 130 valence electrons. The second-order valence-corrected chi connectivity index (χ2v) is 5.20. The molecule has 8 heteroatoms. The molecule has 1 aliphatic rings. The highest BCUT2D eigenvalue weighted by Gasteiger charge is 2.29. The van der Waals surface area contributed by atoms with Crippen molar-refractivity contribution < 1.29 is 23.6 Å². The minimum atomic E-state index is -0.809. The molecule has 1 aromatic rings. The summed E-state index contributed by atoms with van der Waals surface area (Å²) in [5, 5.41) is 9.05. The van der Waals surface area contributed by atoms with Gasteiger partial charge in [-0.05, 0) is 6.07 Å². The van der Waals surface area contributed by atoms with Crippen molar-refractivity contribution in [2.45, 2.75) is 18.9 Å². The number of oxime groups is 1. The van der Waals surface area contributed by atoms with Gasteiger partial charge in [0.25, 0.3) is 5.91 Å². The van der Waals surface area contributed by atoms with Crippen LogP contribution >= 0.6 is 0 Å². The SMILES string of the molecule is COCCNC(=O)CCNC(=O)[C@@H]1CC(c2ccccc2F)=NO1. The molecular formula is C16H20FN3O4. The molecule has 2 rings (SSSR count). The Labute approximate surface area is 139 Å². The number of halogens is 1. The van der Waals surface area contributed by atoms with Crippen LogP contribution in [0.15, 0.2) is 29.4 Å². The second-order valence-electron chi connectivity index (χ2n) is 5.20. The summed E-state index contributed by atoms with van der Waals surface area (Å²) < 4.78 is 18.5. The van der Waals surface area contributed by atoms with Crippen LogP contribution in [0.5, 0.6) is 0 Å². The van der Waals surface area contributed by atoms with Gasteiger partial charge < -0.3 is 20.2 Å². The molecule has 0 radical (unpaired) electrons. The van der Waals surface area contributed by atoms with Crippen molar-refractivity contribution in [3.05, 3.63) is 35.6 Å². The molecule has 0 aliphatic carbocycles. The Hall–Kier alpha value is -2.48. The number of benzene rings is 1. The third-order valence-electron chi connectivity index (χ3n) is 3.43. The Morgan fingerprint density at radius 3 is 2.88 bits per heavy atom. The molecular weight excluding hydrogens is 317 g/mol. The summed E-state index contributed by atoms with van der Waals surface area (Å²) in [5.74, 6) is -0.966. The molecule has 1 aromatic carbocycles. The van der Waals surface area contributed by atoms with E-state index in [-0.39, 0.29) is 31.2 Å². The van der Waals surface area contributed by atoms with E-state index in [1.54, 1.807) is 25.3 Å². The van der Waals surface area contributed by atoms with Crippen LogP contribution in [0.4, 0.5) is 4.39 Å². The van der Waals surface area contributed by atoms with Gasteiger partial charge in [-0.2, -0.15) is 0 Å². The molecule has 24 heavy (non-hydrogen) atoms. The topological polar surface area (TPSA) is 89.0 Å². The number of nitrogens with zero attached hydrogens (tertiary/aromatic N) is 1. The van der Waals surface area contributed by atoms with Gasteiger partial charge in [-0.25, -0.2) is 4.39 Å². The molecule has 0 fully saturated rings. The third-order valence-corrected chi connectivity index (χ3v) is 3.43. The van der Waals surface area contributed by atoms with E-state index in [1.807, 2.05) is 0 Å². The zero-order valence-corrected chi connectivity index (χ0v) is 13.4. The van der Waals surface area contributed by atoms with Crippen molar-refractivity contribution in [3.63, 3.8) is 0 Å². The summed E-state index contributed by atoms with van der Waals surface area (Å²) in [6.07, 6.45) is -0.466. The molecule has 0 unspecified atom stereocenters. The van der Waals surface area contributed by atoms with Crippen LogP contribution in [-0.2, 0) is 19.2 Å². The molecule has 0 spiro atoms. The van der Waals surface area contributed by atoms with Gasteiger partial charge in [0, 0.05) is 38.6 Å². The fourth-order valence-corrected chi connectivity index (χ4v) is 2.17. The number of carbonyl (C=O) groups is 2. The summed E-state index contributed by atoms with van der Waals surface area (Å²) in [6, 6.07) is 6.18. The van der Waals surface area contributed by atoms with Crippen LogP contribution < -0.4 is 10.6 Å². The Morgan fingerprint density at radius 1 is 1.33 bits per heavy atom. The number of amides is 2. The smallest absolute Gasteiger partial charge is 0.264 e. The lowest BCUT2D eigenvalue weighted by Crippen LogP contribution is -2.37. The summed E-state index contributed by atoms with van der Waals surface area (Å²) >= 11 is 0. The fraction of sp³-hybridized carbons (Fsp3) is 0.438. The van der Waals surface area contributed by atoms with E-state index >= 15 is 0 Å². The highest BCUT2D eigenvalue weighted by molar-refractivity contribution is 6.04. The Balaban J connectivity index is 1.72. The van der Waals surface area contributed by atoms with Gasteiger partial charge in [0.2, 0.25) is 12.0 Å². The molecule has 0 saturated carbocycles. The van der Waals surface area contributed by atoms with Crippen molar-refractivity contribution in [1.82, 2.24) is 10.6 Å². The molecule has 0 bridgehead atoms. The number of hydrogen-bond acceptors (Lipinski definition) is 5. The number of ether oxygens (including phenoxy) is 1. The molecule has 2 N–H and O–H groups in total. The number of methoxy groups -OCH3 is 1. The van der Waals surface area contributed by atoms with E-state index in [0.29, 0.717) is 24.4 Å². The third kappa shape index (κ3) is 5.02. The largest absolute Gasteiger partial charge is 0.383 e. The summed E-state index contributed by atoms with van der Waals surface area (Å²) in [5.41, 5.74) is 0.718. The molecule has 2 amide bonds. The van der Waals surface area contributed by atoms with Gasteiger partial charge in [0.1, 0.15) is 5.82 Å². The Kier molecular flexibility index (Phi) is 6.68. The molecule has 1 aliphatic heterocycles. The van der Waals surface area contributed by atoms with E-state index < -0.39 is 11.9 Å². The number of hydrogen-bond donors (Lipinski definition) is 2. The second kappa shape index (κ2) is 8.97. The molecule has 1 atom stereocenters. The molecule has 0 saturated heterocycles. The van der Waals surface area contributed by atoms with Gasteiger partial charge in [0.05, 0.1) is 12.3 Å². The minimum absolute atomic E-state index is 0.156. The first-order chi connectivity index (χ1) is 11.6. The standard InChI is InChI=1S/C16H20FN3O4/c1-23-9-8-18-15(21)6-7-19-16(22)14-10-13(20-24-14)11-4-2-3-5-12(11)17/h2-5,14H,6-10H2,1H3,(H,18,21)(H,19,22)/t14-/m0/s1. The Morgan fingerprint density at radius 2 is 2.12 bits per heavy atom. The maximum Gasteiger partial charge on any atom is 0.264 e. The van der Waals surface area contributed by atoms with Crippen LogP contribution in [0.1, 0.15) is 18.4 Å². The molecule has 0 aromatic heterocycles. The first-order valence-corrected chi connectivity index (χ1v) is 7.62. The van der Waals surface area contributed by atoms with Crippen molar-refractivity contribution in [2.24, 2.45) is 5.16 Å². The maximum absolute atomic E-state index is 13.7. The highest BCUT2D eigenvalue weighted by Crippen LogP contribution is 2.18. The first kappa shape index (κ1) is 17.9. The van der Waals surface area contributed by atoms with Crippen LogP contribution in [0.3, 0.4) is 0 Å². The van der Waals surface area contributed by atoms with Gasteiger partial charge in [-0.15, -0.1) is 0 Å². The van der Waals surface area contributed by atoms with Gasteiger partial charge >= 0.3 is 0 Å². The van der Waals surface area contributed by atoms with Crippen LogP contribution in [0.25, 0.3) is 0 Å². The monoisotopic (exact) mass is 337 g/mol. The van der Waals surface area contributed by atoms with E-state index in [4.69, 9.17) is 9.57 Å². The summed E-state index contributed by atoms with van der Waals surface area (Å²) in [7, 11) is 1.55. The lowest BCUT2D eigenvalue weighted by atomic mass is 10.0. The van der Waals surface area contributed by atoms with E-state index in [9.17, 15) is 14.0 Å². The lowest BCUT2D eigenvalue weighted by Gasteiger charge is -2.09. The number of nitrogens with one attached hydrogen (secondary N) is 2. The van der Waals surface area contributed by atoms with Crippen LogP contribution in [0.2, 0.25) is 0 Å². The van der Waals surface area contributed by atoms with Crippen molar-refractivity contribution >= 4 is 17.5 Å². The molecule has 7 nitrogen and oxygen atoms in total.